The Labute approximate surface area is 168 Å². The average Bonchev–Trinajstić information content (AvgIpc) is 2.25. The van der Waals surface area contributed by atoms with E-state index in [1.54, 1.807) is 11.8 Å². The molecule has 0 aliphatic carbocycles. The van der Waals surface area contributed by atoms with Crippen molar-refractivity contribution in [1.82, 2.24) is 4.84 Å². The first-order valence-corrected chi connectivity index (χ1v) is 8.82. The second kappa shape index (κ2) is 11.6. The quantitative estimate of drug-likeness (QED) is 0.162. The van der Waals surface area contributed by atoms with Gasteiger partial charge >= 0.3 is 51.4 Å². The van der Waals surface area contributed by atoms with E-state index in [-0.39, 0.29) is 67.9 Å². The van der Waals surface area contributed by atoms with Crippen LogP contribution in [0.4, 0.5) is 0 Å². The molecule has 110 valence electrons. The van der Waals surface area contributed by atoms with Crippen LogP contribution in [0.15, 0.2) is 0 Å². The molecule has 0 saturated carbocycles. The minimum atomic E-state index is -4.07. The van der Waals surface area contributed by atoms with Gasteiger partial charge in [0.05, 0.1) is 15.5 Å². The summed E-state index contributed by atoms with van der Waals surface area (Å²) in [5.41, 5.74) is 5.58. The van der Waals surface area contributed by atoms with Gasteiger partial charge in [-0.05, 0) is 30.0 Å². The molecule has 0 aromatic carbocycles. The van der Waals surface area contributed by atoms with Gasteiger partial charge < -0.3 is 10.3 Å². The number of rotatable bonds is 10. The molecule has 0 radical (unpaired) electrons. The molecule has 0 aliphatic heterocycles. The molecule has 0 saturated heterocycles. The smallest absolute Gasteiger partial charge is 0.748 e. The maximum absolute atomic E-state index is 10.5. The first kappa shape index (κ1) is 23.4. The Balaban J connectivity index is 0. The molecule has 0 spiro atoms. The summed E-state index contributed by atoms with van der Waals surface area (Å²) in [7, 11) is -4.07. The zero-order valence-electron chi connectivity index (χ0n) is 11.8. The van der Waals surface area contributed by atoms with Gasteiger partial charge in [0.25, 0.3) is 0 Å². The largest absolute Gasteiger partial charge is 1.00 e. The Bertz CT molecular complexity index is 325. The maximum Gasteiger partial charge on any atom is 1.00 e. The van der Waals surface area contributed by atoms with Gasteiger partial charge in [-0.25, -0.2) is 13.3 Å². The van der Waals surface area contributed by atoms with Crippen LogP contribution >= 0.6 is 23.5 Å². The number of nitrogens with one attached hydrogen (secondary N) is 1. The van der Waals surface area contributed by atoms with Crippen molar-refractivity contribution in [3.05, 3.63) is 0 Å². The number of halogens is 1. The fourth-order valence-electron chi connectivity index (χ4n) is 1.42. The molecule has 3 N–H and O–H groups in total. The van der Waals surface area contributed by atoms with Crippen LogP contribution in [-0.2, 0) is 10.1 Å². The van der Waals surface area contributed by atoms with Gasteiger partial charge in [0.2, 0.25) is 0 Å². The van der Waals surface area contributed by atoms with Gasteiger partial charge in [0, 0.05) is 18.1 Å². The zero-order chi connectivity index (χ0) is 14.2. The minimum Gasteiger partial charge on any atom is -0.748 e. The van der Waals surface area contributed by atoms with Gasteiger partial charge in [0.1, 0.15) is 0 Å². The van der Waals surface area contributed by atoms with Gasteiger partial charge in [-0.2, -0.15) is 0 Å². The predicted molar refractivity (Wildman–Crippen MR) is 76.5 cm³/mol. The molecule has 1 unspecified atom stereocenters. The molecule has 0 fully saturated rings. The standard InChI is InChI=1S/C10H23ClN2O3S2.K/c1-10(2,8-17-9(7-12)13-11)5-3-4-6-18(14,15)16;/h9,13H,3-8,12H2,1-2H3,(H,14,15,16);/q;+1/p-1. The van der Waals surface area contributed by atoms with Crippen molar-refractivity contribution in [3.63, 3.8) is 0 Å². The molecule has 0 rings (SSSR count). The zero-order valence-corrected chi connectivity index (χ0v) is 17.3. The number of thioether (sulfide) groups is 1. The van der Waals surface area contributed by atoms with Crippen molar-refractivity contribution in [2.45, 2.75) is 38.5 Å². The van der Waals surface area contributed by atoms with Crippen molar-refractivity contribution >= 4 is 33.7 Å². The molecule has 0 heterocycles. The van der Waals surface area contributed by atoms with E-state index >= 15 is 0 Å². The third-order valence-corrected chi connectivity index (χ3v) is 5.35. The maximum atomic E-state index is 10.5. The van der Waals surface area contributed by atoms with Gasteiger partial charge in [0.15, 0.2) is 0 Å². The topological polar surface area (TPSA) is 95.2 Å². The summed E-state index contributed by atoms with van der Waals surface area (Å²) in [6.07, 6.45) is 2.03. The van der Waals surface area contributed by atoms with Crippen molar-refractivity contribution in [1.29, 1.82) is 0 Å². The van der Waals surface area contributed by atoms with Crippen LogP contribution < -0.4 is 62.0 Å². The first-order chi connectivity index (χ1) is 8.20. The third-order valence-electron chi connectivity index (χ3n) is 2.51. The molecule has 9 heteroatoms. The predicted octanol–water partition coefficient (Wildman–Crippen LogP) is -1.51. The monoisotopic (exact) mass is 356 g/mol. The molecule has 19 heavy (non-hydrogen) atoms. The molecular weight excluding hydrogens is 335 g/mol. The molecular formula is C10H22ClKN2O3S2. The molecule has 0 aromatic rings. The van der Waals surface area contributed by atoms with Crippen LogP contribution in [0.2, 0.25) is 0 Å². The van der Waals surface area contributed by atoms with Gasteiger partial charge in [-0.1, -0.05) is 20.3 Å². The van der Waals surface area contributed by atoms with Crippen molar-refractivity contribution in [3.8, 4) is 0 Å². The number of unbranched alkanes of at least 4 members (excludes halogenated alkanes) is 1. The van der Waals surface area contributed by atoms with Gasteiger partial charge in [-0.15, -0.1) is 11.8 Å². The summed E-state index contributed by atoms with van der Waals surface area (Å²) in [5, 5.41) is 0.0213. The third kappa shape index (κ3) is 14.8. The number of hydrogen-bond donors (Lipinski definition) is 2. The summed E-state index contributed by atoms with van der Waals surface area (Å²) in [5.74, 6) is 0.601. The molecule has 1 atom stereocenters. The molecule has 0 bridgehead atoms. The molecule has 0 aliphatic rings. The van der Waals surface area contributed by atoms with Crippen LogP contribution in [0.1, 0.15) is 33.1 Å². The second-order valence-corrected chi connectivity index (χ2v) is 7.96. The fourth-order valence-corrected chi connectivity index (χ4v) is 3.26. The summed E-state index contributed by atoms with van der Waals surface area (Å²) in [4.78, 5) is 2.60. The van der Waals surface area contributed by atoms with E-state index in [2.05, 4.69) is 18.7 Å². The molecule has 0 amide bonds. The second-order valence-electron chi connectivity index (χ2n) is 5.03. The van der Waals surface area contributed by atoms with Crippen molar-refractivity contribution in [2.75, 3.05) is 18.1 Å². The van der Waals surface area contributed by atoms with Crippen LogP contribution in [0, 0.1) is 5.41 Å². The fraction of sp³-hybridized carbons (Fsp3) is 1.00. The normalized spacial score (nSPS) is 13.9. The van der Waals surface area contributed by atoms with E-state index in [0.29, 0.717) is 13.0 Å². The van der Waals surface area contributed by atoms with E-state index < -0.39 is 10.1 Å². The minimum absolute atomic E-state index is 0. The molecule has 0 aromatic heterocycles. The van der Waals surface area contributed by atoms with E-state index in [1.165, 1.54) is 0 Å². The Kier molecular flexibility index (Phi) is 14.3. The summed E-state index contributed by atoms with van der Waals surface area (Å²) in [6, 6.07) is 0. The Morgan fingerprint density at radius 3 is 2.42 bits per heavy atom. The summed E-state index contributed by atoms with van der Waals surface area (Å²) < 4.78 is 31.4. The Morgan fingerprint density at radius 1 is 1.42 bits per heavy atom. The van der Waals surface area contributed by atoms with Gasteiger partial charge in [-0.3, -0.25) is 0 Å². The molecule has 5 nitrogen and oxygen atoms in total. The van der Waals surface area contributed by atoms with Crippen LogP contribution in [0.5, 0.6) is 0 Å². The Morgan fingerprint density at radius 2 is 2.00 bits per heavy atom. The summed E-state index contributed by atoms with van der Waals surface area (Å²) >= 11 is 7.17. The first-order valence-electron chi connectivity index (χ1n) is 5.81. The summed E-state index contributed by atoms with van der Waals surface area (Å²) in [6.45, 7) is 4.67. The number of hydrogen-bond acceptors (Lipinski definition) is 6. The van der Waals surface area contributed by atoms with Crippen LogP contribution in [0.25, 0.3) is 0 Å². The average molecular weight is 357 g/mol. The van der Waals surface area contributed by atoms with Crippen LogP contribution in [0.3, 0.4) is 0 Å². The van der Waals surface area contributed by atoms with E-state index in [4.69, 9.17) is 17.5 Å². The van der Waals surface area contributed by atoms with Crippen LogP contribution in [-0.4, -0.2) is 36.4 Å². The Hall–Kier alpha value is 2.11. The SMILES string of the molecule is CC(C)(CCCCS(=O)(=O)[O-])CSC(CN)NCl.[K+]. The van der Waals surface area contributed by atoms with Crippen molar-refractivity contribution < 1.29 is 64.4 Å². The van der Waals surface area contributed by atoms with Crippen molar-refractivity contribution in [2.24, 2.45) is 11.1 Å². The van der Waals surface area contributed by atoms with E-state index in [9.17, 15) is 13.0 Å². The van der Waals surface area contributed by atoms with E-state index in [1.807, 2.05) is 0 Å². The number of nitrogens with two attached hydrogens (primary N) is 1. The van der Waals surface area contributed by atoms with E-state index in [0.717, 1.165) is 18.6 Å².